The van der Waals surface area contributed by atoms with Crippen LogP contribution in [0.2, 0.25) is 5.02 Å². The first-order chi connectivity index (χ1) is 17.2. The van der Waals surface area contributed by atoms with Crippen molar-refractivity contribution in [2.45, 2.75) is 0 Å². The second-order valence-electron chi connectivity index (χ2n) is 7.43. The van der Waals surface area contributed by atoms with Crippen molar-refractivity contribution in [1.82, 2.24) is 19.9 Å². The molecule has 0 spiro atoms. The van der Waals surface area contributed by atoms with E-state index in [1.807, 2.05) is 84.9 Å². The van der Waals surface area contributed by atoms with Gasteiger partial charge in [0.15, 0.2) is 0 Å². The lowest BCUT2D eigenvalue weighted by atomic mass is 10.2. The van der Waals surface area contributed by atoms with E-state index in [1.54, 1.807) is 18.6 Å². The summed E-state index contributed by atoms with van der Waals surface area (Å²) in [6, 6.07) is 26.9. The second kappa shape index (κ2) is 10.5. The van der Waals surface area contributed by atoms with E-state index >= 15 is 0 Å². The standard InChI is InChI=1S/C26H21ClN8/c27-18-11-12-21-22(13-14-28-23(21)17-18)29-15-16-30-24-33-25(31-19-7-3-1-4-8-19)35-26(34-24)32-20-9-5-2-6-10-20/h1-17H,(H,28,29)(H3,30,31,32,33,34,35)/b16-15+. The molecule has 0 atom stereocenters. The summed E-state index contributed by atoms with van der Waals surface area (Å²) in [7, 11) is 0. The lowest BCUT2D eigenvalue weighted by Crippen LogP contribution is -2.07. The topological polar surface area (TPSA) is 99.7 Å². The van der Waals surface area contributed by atoms with Crippen molar-refractivity contribution in [3.63, 3.8) is 0 Å². The van der Waals surface area contributed by atoms with Crippen molar-refractivity contribution in [2.75, 3.05) is 21.3 Å². The summed E-state index contributed by atoms with van der Waals surface area (Å²) in [5.74, 6) is 1.19. The van der Waals surface area contributed by atoms with E-state index < -0.39 is 0 Å². The van der Waals surface area contributed by atoms with Gasteiger partial charge in [-0.15, -0.1) is 0 Å². The number of para-hydroxylation sites is 2. The lowest BCUT2D eigenvalue weighted by molar-refractivity contribution is 1.06. The average molecular weight is 481 g/mol. The van der Waals surface area contributed by atoms with Gasteiger partial charge in [0.1, 0.15) is 0 Å². The Hall–Kier alpha value is -4.69. The predicted molar refractivity (Wildman–Crippen MR) is 142 cm³/mol. The Kier molecular flexibility index (Phi) is 6.63. The Morgan fingerprint density at radius 3 is 1.89 bits per heavy atom. The van der Waals surface area contributed by atoms with Crippen LogP contribution in [0.5, 0.6) is 0 Å². The fourth-order valence-electron chi connectivity index (χ4n) is 3.35. The van der Waals surface area contributed by atoms with E-state index in [-0.39, 0.29) is 0 Å². The van der Waals surface area contributed by atoms with Gasteiger partial charge >= 0.3 is 0 Å². The number of benzene rings is 3. The molecular formula is C26H21ClN8. The fraction of sp³-hybridized carbons (Fsp3) is 0. The van der Waals surface area contributed by atoms with Gasteiger partial charge in [0.2, 0.25) is 17.8 Å². The fourth-order valence-corrected chi connectivity index (χ4v) is 3.51. The quantitative estimate of drug-likeness (QED) is 0.198. The van der Waals surface area contributed by atoms with Crippen LogP contribution in [0.1, 0.15) is 0 Å². The second-order valence-corrected chi connectivity index (χ2v) is 7.87. The zero-order chi connectivity index (χ0) is 23.9. The molecule has 3 aromatic carbocycles. The minimum Gasteiger partial charge on any atom is -0.360 e. The monoisotopic (exact) mass is 480 g/mol. The Bertz CT molecular complexity index is 1400. The predicted octanol–water partition coefficient (Wildman–Crippen LogP) is 6.56. The summed E-state index contributed by atoms with van der Waals surface area (Å²) in [5, 5.41) is 14.4. The zero-order valence-electron chi connectivity index (χ0n) is 18.5. The minimum atomic E-state index is 0.376. The largest absolute Gasteiger partial charge is 0.360 e. The molecule has 5 rings (SSSR count). The van der Waals surface area contributed by atoms with Gasteiger partial charge in [-0.05, 0) is 48.5 Å². The number of nitrogens with zero attached hydrogens (tertiary/aromatic N) is 4. The molecule has 0 saturated heterocycles. The summed E-state index contributed by atoms with van der Waals surface area (Å²) < 4.78 is 0. The highest BCUT2D eigenvalue weighted by Gasteiger charge is 2.07. The number of rotatable bonds is 8. The van der Waals surface area contributed by atoms with Crippen molar-refractivity contribution in [3.05, 3.63) is 109 Å². The van der Waals surface area contributed by atoms with Crippen LogP contribution in [0.15, 0.2) is 104 Å². The number of aromatic nitrogens is 4. The van der Waals surface area contributed by atoms with E-state index in [2.05, 4.69) is 41.2 Å². The number of halogens is 1. The molecule has 5 aromatic rings. The first kappa shape index (κ1) is 22.1. The Morgan fingerprint density at radius 1 is 0.629 bits per heavy atom. The summed E-state index contributed by atoms with van der Waals surface area (Å²) in [5.41, 5.74) is 3.46. The highest BCUT2D eigenvalue weighted by molar-refractivity contribution is 6.31. The molecule has 0 fully saturated rings. The highest BCUT2D eigenvalue weighted by atomic mass is 35.5. The van der Waals surface area contributed by atoms with Crippen LogP contribution >= 0.6 is 11.6 Å². The van der Waals surface area contributed by atoms with E-state index in [0.717, 1.165) is 28.0 Å². The Morgan fingerprint density at radius 2 is 1.23 bits per heavy atom. The molecule has 35 heavy (non-hydrogen) atoms. The van der Waals surface area contributed by atoms with Gasteiger partial charge in [0.25, 0.3) is 0 Å². The SMILES string of the molecule is Clc1ccc2c(N/C=C/Nc3nc(Nc4ccccc4)nc(Nc4ccccc4)n3)ccnc2c1. The van der Waals surface area contributed by atoms with E-state index in [4.69, 9.17) is 11.6 Å². The molecule has 0 saturated carbocycles. The normalized spacial score (nSPS) is 10.9. The van der Waals surface area contributed by atoms with Crippen LogP contribution in [0.25, 0.3) is 10.9 Å². The van der Waals surface area contributed by atoms with Crippen molar-refractivity contribution in [2.24, 2.45) is 0 Å². The smallest absolute Gasteiger partial charge is 0.233 e. The molecule has 9 heteroatoms. The zero-order valence-corrected chi connectivity index (χ0v) is 19.2. The molecule has 0 aliphatic rings. The summed E-state index contributed by atoms with van der Waals surface area (Å²) >= 11 is 6.08. The number of nitrogens with one attached hydrogen (secondary N) is 4. The molecule has 0 amide bonds. The van der Waals surface area contributed by atoms with Crippen LogP contribution in [0.3, 0.4) is 0 Å². The highest BCUT2D eigenvalue weighted by Crippen LogP contribution is 2.24. The molecule has 0 unspecified atom stereocenters. The van der Waals surface area contributed by atoms with Crippen LogP contribution in [-0.4, -0.2) is 19.9 Å². The molecular weight excluding hydrogens is 460 g/mol. The third-order valence-electron chi connectivity index (χ3n) is 4.93. The minimum absolute atomic E-state index is 0.376. The number of hydrogen-bond acceptors (Lipinski definition) is 8. The first-order valence-corrected chi connectivity index (χ1v) is 11.2. The molecule has 0 aliphatic heterocycles. The maximum atomic E-state index is 6.08. The van der Waals surface area contributed by atoms with E-state index in [1.165, 1.54) is 0 Å². The molecule has 0 radical (unpaired) electrons. The van der Waals surface area contributed by atoms with Gasteiger partial charge in [0.05, 0.1) is 5.52 Å². The first-order valence-electron chi connectivity index (χ1n) is 10.9. The van der Waals surface area contributed by atoms with E-state index in [9.17, 15) is 0 Å². The third kappa shape index (κ3) is 5.82. The van der Waals surface area contributed by atoms with Crippen molar-refractivity contribution in [1.29, 1.82) is 0 Å². The average Bonchev–Trinajstić information content (AvgIpc) is 2.87. The van der Waals surface area contributed by atoms with Crippen molar-refractivity contribution < 1.29 is 0 Å². The van der Waals surface area contributed by atoms with Gasteiger partial charge in [-0.1, -0.05) is 48.0 Å². The van der Waals surface area contributed by atoms with Gasteiger partial charge in [0, 0.05) is 46.1 Å². The number of hydrogen-bond donors (Lipinski definition) is 4. The molecule has 4 N–H and O–H groups in total. The van der Waals surface area contributed by atoms with Gasteiger partial charge < -0.3 is 21.3 Å². The molecule has 2 aromatic heterocycles. The number of fused-ring (bicyclic) bond motifs is 1. The van der Waals surface area contributed by atoms with Crippen LogP contribution < -0.4 is 21.3 Å². The van der Waals surface area contributed by atoms with Crippen LogP contribution in [0.4, 0.5) is 34.9 Å². The maximum absolute atomic E-state index is 6.08. The molecule has 172 valence electrons. The molecule has 8 nitrogen and oxygen atoms in total. The Labute approximate surface area is 207 Å². The molecule has 0 bridgehead atoms. The Balaban J connectivity index is 1.34. The van der Waals surface area contributed by atoms with Crippen LogP contribution in [0, 0.1) is 0 Å². The van der Waals surface area contributed by atoms with Crippen molar-refractivity contribution >= 4 is 57.4 Å². The van der Waals surface area contributed by atoms with Crippen molar-refractivity contribution in [3.8, 4) is 0 Å². The van der Waals surface area contributed by atoms with Gasteiger partial charge in [-0.25, -0.2) is 0 Å². The molecule has 0 aliphatic carbocycles. The summed E-state index contributed by atoms with van der Waals surface area (Å²) in [4.78, 5) is 17.8. The third-order valence-corrected chi connectivity index (χ3v) is 5.17. The maximum Gasteiger partial charge on any atom is 0.233 e. The number of pyridine rings is 1. The van der Waals surface area contributed by atoms with Gasteiger partial charge in [-0.2, -0.15) is 15.0 Å². The molecule has 2 heterocycles. The lowest BCUT2D eigenvalue weighted by Gasteiger charge is -2.10. The van der Waals surface area contributed by atoms with Gasteiger partial charge in [-0.3, -0.25) is 4.98 Å². The number of anilines is 6. The van der Waals surface area contributed by atoms with Crippen LogP contribution in [-0.2, 0) is 0 Å². The summed E-state index contributed by atoms with van der Waals surface area (Å²) in [6.45, 7) is 0. The summed E-state index contributed by atoms with van der Waals surface area (Å²) in [6.07, 6.45) is 5.22. The van der Waals surface area contributed by atoms with E-state index in [0.29, 0.717) is 22.9 Å².